The maximum Gasteiger partial charge on any atom is 0.266 e. The molecular formula is C20H13IN2O2. The van der Waals surface area contributed by atoms with Crippen LogP contribution < -0.4 is 5.56 Å². The average Bonchev–Trinajstić information content (AvgIpc) is 3.15. The highest BCUT2D eigenvalue weighted by Gasteiger charge is 2.11. The highest BCUT2D eigenvalue weighted by Crippen LogP contribution is 2.17. The van der Waals surface area contributed by atoms with Crippen LogP contribution >= 0.6 is 22.6 Å². The molecule has 0 saturated heterocycles. The molecule has 5 heteroatoms. The van der Waals surface area contributed by atoms with Crippen molar-refractivity contribution in [3.63, 3.8) is 0 Å². The second-order valence-corrected chi connectivity index (χ2v) is 6.70. The summed E-state index contributed by atoms with van der Waals surface area (Å²) in [5, 5.41) is 0.603. The second kappa shape index (κ2) is 6.68. The topological polar surface area (TPSA) is 48.0 Å². The molecule has 0 N–H and O–H groups in total. The largest absolute Gasteiger partial charge is 0.465 e. The van der Waals surface area contributed by atoms with Crippen molar-refractivity contribution in [1.29, 1.82) is 0 Å². The molecule has 4 aromatic rings. The SMILES string of the molecule is O=c1c2cc(I)ccc2nc(C=Cc2ccco2)n1-c1ccccc1. The van der Waals surface area contributed by atoms with Crippen LogP contribution in [0.4, 0.5) is 0 Å². The average molecular weight is 440 g/mol. The number of rotatable bonds is 3. The molecule has 0 bridgehead atoms. The summed E-state index contributed by atoms with van der Waals surface area (Å²) in [5.41, 5.74) is 1.37. The number of nitrogens with zero attached hydrogens (tertiary/aromatic N) is 2. The molecule has 0 amide bonds. The molecular weight excluding hydrogens is 427 g/mol. The zero-order valence-corrected chi connectivity index (χ0v) is 15.3. The number of para-hydroxylation sites is 1. The Labute approximate surface area is 157 Å². The molecule has 0 aliphatic rings. The number of aromatic nitrogens is 2. The van der Waals surface area contributed by atoms with Gasteiger partial charge in [0.1, 0.15) is 11.6 Å². The van der Waals surface area contributed by atoms with Crippen LogP contribution in [0.5, 0.6) is 0 Å². The Kier molecular flexibility index (Phi) is 4.23. The van der Waals surface area contributed by atoms with Crippen molar-refractivity contribution in [2.45, 2.75) is 0 Å². The fourth-order valence-corrected chi connectivity index (χ4v) is 3.15. The minimum absolute atomic E-state index is 0.0891. The van der Waals surface area contributed by atoms with Gasteiger partial charge in [-0.1, -0.05) is 18.2 Å². The van der Waals surface area contributed by atoms with Gasteiger partial charge in [-0.2, -0.15) is 0 Å². The summed E-state index contributed by atoms with van der Waals surface area (Å²) >= 11 is 2.20. The van der Waals surface area contributed by atoms with Crippen molar-refractivity contribution >= 4 is 45.6 Å². The summed E-state index contributed by atoms with van der Waals surface area (Å²) in [5.74, 6) is 1.26. The summed E-state index contributed by atoms with van der Waals surface area (Å²) < 4.78 is 7.96. The Morgan fingerprint density at radius 2 is 1.84 bits per heavy atom. The fourth-order valence-electron chi connectivity index (χ4n) is 2.66. The molecule has 2 aromatic carbocycles. The number of hydrogen-bond donors (Lipinski definition) is 0. The van der Waals surface area contributed by atoms with Gasteiger partial charge in [0, 0.05) is 3.57 Å². The fraction of sp³-hybridized carbons (Fsp3) is 0. The molecule has 0 saturated carbocycles. The second-order valence-electron chi connectivity index (χ2n) is 5.46. The van der Waals surface area contributed by atoms with E-state index < -0.39 is 0 Å². The summed E-state index contributed by atoms with van der Waals surface area (Å²) in [7, 11) is 0. The first kappa shape index (κ1) is 15.8. The minimum Gasteiger partial charge on any atom is -0.465 e. The molecule has 0 radical (unpaired) electrons. The van der Waals surface area contributed by atoms with Crippen LogP contribution in [0.1, 0.15) is 11.6 Å². The smallest absolute Gasteiger partial charge is 0.266 e. The third kappa shape index (κ3) is 3.15. The van der Waals surface area contributed by atoms with Gasteiger partial charge >= 0.3 is 0 Å². The van der Waals surface area contributed by atoms with E-state index in [1.165, 1.54) is 0 Å². The molecule has 4 nitrogen and oxygen atoms in total. The lowest BCUT2D eigenvalue weighted by Gasteiger charge is -2.11. The Balaban J connectivity index is 1.99. The van der Waals surface area contributed by atoms with Gasteiger partial charge in [-0.25, -0.2) is 4.98 Å². The van der Waals surface area contributed by atoms with Crippen molar-refractivity contribution < 1.29 is 4.42 Å². The monoisotopic (exact) mass is 440 g/mol. The highest BCUT2D eigenvalue weighted by molar-refractivity contribution is 14.1. The third-order valence-electron chi connectivity index (χ3n) is 3.81. The molecule has 2 heterocycles. The zero-order chi connectivity index (χ0) is 17.2. The van der Waals surface area contributed by atoms with E-state index in [1.54, 1.807) is 23.0 Å². The van der Waals surface area contributed by atoms with Gasteiger partial charge in [0.05, 0.1) is 22.9 Å². The molecule has 0 unspecified atom stereocenters. The van der Waals surface area contributed by atoms with Gasteiger partial charge < -0.3 is 4.42 Å². The summed E-state index contributed by atoms with van der Waals surface area (Å²) in [6.07, 6.45) is 5.21. The lowest BCUT2D eigenvalue weighted by atomic mass is 10.2. The lowest BCUT2D eigenvalue weighted by Crippen LogP contribution is -2.22. The van der Waals surface area contributed by atoms with Crippen LogP contribution in [-0.2, 0) is 0 Å². The number of benzene rings is 2. The van der Waals surface area contributed by atoms with E-state index in [0.717, 1.165) is 9.26 Å². The van der Waals surface area contributed by atoms with Crippen molar-refractivity contribution in [2.24, 2.45) is 0 Å². The number of furan rings is 1. The van der Waals surface area contributed by atoms with Crippen LogP contribution in [0.25, 0.3) is 28.7 Å². The molecule has 2 aromatic heterocycles. The molecule has 0 aliphatic carbocycles. The number of hydrogen-bond acceptors (Lipinski definition) is 3. The molecule has 0 aliphatic heterocycles. The maximum atomic E-state index is 13.1. The Hall–Kier alpha value is -2.67. The molecule has 0 spiro atoms. The van der Waals surface area contributed by atoms with E-state index >= 15 is 0 Å². The van der Waals surface area contributed by atoms with Gasteiger partial charge in [0.25, 0.3) is 5.56 Å². The van der Waals surface area contributed by atoms with E-state index in [0.29, 0.717) is 22.5 Å². The first-order valence-corrected chi connectivity index (χ1v) is 8.79. The van der Waals surface area contributed by atoms with Gasteiger partial charge in [-0.3, -0.25) is 9.36 Å². The van der Waals surface area contributed by atoms with Crippen LogP contribution in [0.3, 0.4) is 0 Å². The van der Waals surface area contributed by atoms with Crippen molar-refractivity contribution in [1.82, 2.24) is 9.55 Å². The van der Waals surface area contributed by atoms with Gasteiger partial charge in [0.2, 0.25) is 0 Å². The standard InChI is InChI=1S/C20H13IN2O2/c21-14-8-10-18-17(13-14)20(24)23(15-5-2-1-3-6-15)19(22-18)11-9-16-7-4-12-25-16/h1-13H. The molecule has 0 fully saturated rings. The van der Waals surface area contributed by atoms with E-state index in [4.69, 9.17) is 4.42 Å². The summed E-state index contributed by atoms with van der Waals surface area (Å²) in [4.78, 5) is 17.8. The molecule has 25 heavy (non-hydrogen) atoms. The van der Waals surface area contributed by atoms with Crippen LogP contribution in [0.2, 0.25) is 0 Å². The van der Waals surface area contributed by atoms with Crippen LogP contribution in [-0.4, -0.2) is 9.55 Å². The maximum absolute atomic E-state index is 13.1. The van der Waals surface area contributed by atoms with Gasteiger partial charge in [-0.15, -0.1) is 0 Å². The van der Waals surface area contributed by atoms with E-state index in [-0.39, 0.29) is 5.56 Å². The van der Waals surface area contributed by atoms with Crippen molar-refractivity contribution in [2.75, 3.05) is 0 Å². The lowest BCUT2D eigenvalue weighted by molar-refractivity contribution is 0.557. The zero-order valence-electron chi connectivity index (χ0n) is 13.1. The van der Waals surface area contributed by atoms with Crippen molar-refractivity contribution in [3.05, 3.63) is 92.4 Å². The Morgan fingerprint density at radius 3 is 2.60 bits per heavy atom. The third-order valence-corrected chi connectivity index (χ3v) is 4.48. The Bertz CT molecular complexity index is 1110. The number of fused-ring (bicyclic) bond motifs is 1. The normalized spacial score (nSPS) is 11.4. The van der Waals surface area contributed by atoms with Crippen molar-refractivity contribution in [3.8, 4) is 5.69 Å². The van der Waals surface area contributed by atoms with Gasteiger partial charge in [0.15, 0.2) is 0 Å². The van der Waals surface area contributed by atoms with E-state index in [9.17, 15) is 4.79 Å². The number of halogens is 1. The van der Waals surface area contributed by atoms with Crippen LogP contribution in [0.15, 0.2) is 76.1 Å². The first-order valence-electron chi connectivity index (χ1n) is 7.72. The first-order chi connectivity index (χ1) is 12.2. The van der Waals surface area contributed by atoms with Gasteiger partial charge in [-0.05, 0) is 77.2 Å². The summed E-state index contributed by atoms with van der Waals surface area (Å²) in [6, 6.07) is 18.9. The minimum atomic E-state index is -0.0891. The predicted octanol–water partition coefficient (Wildman–Crippen LogP) is 4.75. The highest BCUT2D eigenvalue weighted by atomic mass is 127. The quantitative estimate of drug-likeness (QED) is 0.432. The molecule has 0 atom stereocenters. The summed E-state index contributed by atoms with van der Waals surface area (Å²) in [6.45, 7) is 0. The molecule has 4 rings (SSSR count). The predicted molar refractivity (Wildman–Crippen MR) is 108 cm³/mol. The van der Waals surface area contributed by atoms with Crippen LogP contribution in [0, 0.1) is 3.57 Å². The van der Waals surface area contributed by atoms with E-state index in [1.807, 2.05) is 60.7 Å². The van der Waals surface area contributed by atoms with E-state index in [2.05, 4.69) is 27.6 Å². The Morgan fingerprint density at radius 1 is 1.00 bits per heavy atom. The molecule has 122 valence electrons.